The maximum absolute atomic E-state index is 13.6. The SMILES string of the molecule is CC(C)CC(CO)NC1CCc2c(F)cccc21. The van der Waals surface area contributed by atoms with Gasteiger partial charge in [-0.2, -0.15) is 0 Å². The summed E-state index contributed by atoms with van der Waals surface area (Å²) >= 11 is 0. The molecule has 2 unspecified atom stereocenters. The van der Waals surface area contributed by atoms with Crippen molar-refractivity contribution < 1.29 is 9.50 Å². The van der Waals surface area contributed by atoms with Crippen molar-refractivity contribution in [2.75, 3.05) is 6.61 Å². The average Bonchev–Trinajstić information content (AvgIpc) is 2.72. The van der Waals surface area contributed by atoms with E-state index in [0.717, 1.165) is 30.4 Å². The number of benzene rings is 1. The second kappa shape index (κ2) is 5.81. The molecule has 1 aromatic rings. The van der Waals surface area contributed by atoms with Crippen LogP contribution < -0.4 is 5.32 Å². The molecule has 0 saturated carbocycles. The maximum Gasteiger partial charge on any atom is 0.126 e. The van der Waals surface area contributed by atoms with Crippen molar-refractivity contribution in [1.29, 1.82) is 0 Å². The maximum atomic E-state index is 13.6. The first kappa shape index (κ1) is 13.5. The first-order chi connectivity index (χ1) is 8.61. The Morgan fingerprint density at radius 2 is 2.22 bits per heavy atom. The van der Waals surface area contributed by atoms with E-state index in [1.807, 2.05) is 6.07 Å². The van der Waals surface area contributed by atoms with Crippen LogP contribution in [0.2, 0.25) is 0 Å². The second-order valence-corrected chi connectivity index (χ2v) is 5.57. The summed E-state index contributed by atoms with van der Waals surface area (Å²) in [5.74, 6) is 0.448. The highest BCUT2D eigenvalue weighted by Gasteiger charge is 2.26. The number of hydrogen-bond donors (Lipinski definition) is 2. The predicted molar refractivity (Wildman–Crippen MR) is 70.9 cm³/mol. The fourth-order valence-electron chi connectivity index (χ4n) is 2.83. The number of nitrogens with one attached hydrogen (secondary N) is 1. The van der Waals surface area contributed by atoms with Crippen molar-refractivity contribution >= 4 is 0 Å². The van der Waals surface area contributed by atoms with Crippen LogP contribution in [0.25, 0.3) is 0 Å². The predicted octanol–water partition coefficient (Wildman–Crippen LogP) is 2.81. The lowest BCUT2D eigenvalue weighted by atomic mass is 10.0. The minimum absolute atomic E-state index is 0.0961. The molecule has 0 heterocycles. The zero-order valence-electron chi connectivity index (χ0n) is 11.1. The molecule has 100 valence electrons. The number of halogens is 1. The summed E-state index contributed by atoms with van der Waals surface area (Å²) in [5, 5.41) is 12.9. The number of aliphatic hydroxyl groups is 1. The van der Waals surface area contributed by atoms with Gasteiger partial charge in [0.15, 0.2) is 0 Å². The van der Waals surface area contributed by atoms with Gasteiger partial charge in [-0.1, -0.05) is 26.0 Å². The third-order valence-corrected chi connectivity index (χ3v) is 3.63. The molecule has 0 aliphatic heterocycles. The van der Waals surface area contributed by atoms with Gasteiger partial charge in [0.25, 0.3) is 0 Å². The Bertz CT molecular complexity index is 405. The second-order valence-electron chi connectivity index (χ2n) is 5.57. The smallest absolute Gasteiger partial charge is 0.126 e. The van der Waals surface area contributed by atoms with Crippen LogP contribution in [0.1, 0.15) is 43.9 Å². The Kier molecular flexibility index (Phi) is 4.36. The average molecular weight is 251 g/mol. The zero-order valence-corrected chi connectivity index (χ0v) is 11.1. The number of hydrogen-bond acceptors (Lipinski definition) is 2. The van der Waals surface area contributed by atoms with Crippen LogP contribution in [0, 0.1) is 11.7 Å². The highest BCUT2D eigenvalue weighted by Crippen LogP contribution is 2.33. The van der Waals surface area contributed by atoms with E-state index in [9.17, 15) is 9.50 Å². The van der Waals surface area contributed by atoms with Gasteiger partial charge in [0, 0.05) is 12.1 Å². The topological polar surface area (TPSA) is 32.3 Å². The minimum Gasteiger partial charge on any atom is -0.395 e. The van der Waals surface area contributed by atoms with Crippen LogP contribution >= 0.6 is 0 Å². The molecular weight excluding hydrogens is 229 g/mol. The quantitative estimate of drug-likeness (QED) is 0.843. The van der Waals surface area contributed by atoms with Gasteiger partial charge in [0.1, 0.15) is 5.82 Å². The molecule has 1 aliphatic rings. The lowest BCUT2D eigenvalue weighted by Gasteiger charge is -2.23. The van der Waals surface area contributed by atoms with Crippen LogP contribution in [0.4, 0.5) is 4.39 Å². The van der Waals surface area contributed by atoms with Crippen molar-refractivity contribution in [3.8, 4) is 0 Å². The van der Waals surface area contributed by atoms with Crippen LogP contribution in [0.15, 0.2) is 18.2 Å². The van der Waals surface area contributed by atoms with E-state index in [1.54, 1.807) is 6.07 Å². The molecule has 2 nitrogen and oxygen atoms in total. The third-order valence-electron chi connectivity index (χ3n) is 3.63. The molecule has 0 fully saturated rings. The van der Waals surface area contributed by atoms with Crippen molar-refractivity contribution in [1.82, 2.24) is 5.32 Å². The molecule has 3 heteroatoms. The molecule has 0 aromatic heterocycles. The fourth-order valence-corrected chi connectivity index (χ4v) is 2.83. The molecule has 0 amide bonds. The number of aliphatic hydroxyl groups excluding tert-OH is 1. The monoisotopic (exact) mass is 251 g/mol. The number of fused-ring (bicyclic) bond motifs is 1. The molecule has 0 bridgehead atoms. The summed E-state index contributed by atoms with van der Waals surface area (Å²) in [6.07, 6.45) is 2.65. The largest absolute Gasteiger partial charge is 0.395 e. The van der Waals surface area contributed by atoms with E-state index in [0.29, 0.717) is 5.92 Å². The summed E-state index contributed by atoms with van der Waals surface area (Å²) < 4.78 is 13.6. The molecule has 0 spiro atoms. The summed E-state index contributed by atoms with van der Waals surface area (Å²) in [5.41, 5.74) is 1.91. The Morgan fingerprint density at radius 1 is 1.44 bits per heavy atom. The van der Waals surface area contributed by atoms with Crippen LogP contribution in [-0.2, 0) is 6.42 Å². The van der Waals surface area contributed by atoms with Crippen molar-refractivity contribution in [3.05, 3.63) is 35.1 Å². The molecule has 2 atom stereocenters. The molecule has 1 aromatic carbocycles. The van der Waals surface area contributed by atoms with Gasteiger partial charge in [-0.25, -0.2) is 4.39 Å². The van der Waals surface area contributed by atoms with Gasteiger partial charge in [0.2, 0.25) is 0 Å². The Morgan fingerprint density at radius 3 is 2.89 bits per heavy atom. The standard InChI is InChI=1S/C15H22FNO/c1-10(2)8-11(9-18)17-15-7-6-12-13(15)4-3-5-14(12)16/h3-5,10-11,15,17-18H,6-9H2,1-2H3. The van der Waals surface area contributed by atoms with Gasteiger partial charge in [-0.05, 0) is 42.4 Å². The lowest BCUT2D eigenvalue weighted by molar-refractivity contribution is 0.212. The molecule has 2 rings (SSSR count). The van der Waals surface area contributed by atoms with Gasteiger partial charge in [-0.3, -0.25) is 0 Å². The normalized spacial score (nSPS) is 20.2. The highest BCUT2D eigenvalue weighted by atomic mass is 19.1. The van der Waals surface area contributed by atoms with Crippen LogP contribution in [0.3, 0.4) is 0 Å². The van der Waals surface area contributed by atoms with Crippen LogP contribution in [-0.4, -0.2) is 17.8 Å². The minimum atomic E-state index is -0.0961. The summed E-state index contributed by atoms with van der Waals surface area (Å²) in [6.45, 7) is 4.43. The molecule has 2 N–H and O–H groups in total. The zero-order chi connectivity index (χ0) is 13.1. The van der Waals surface area contributed by atoms with E-state index in [2.05, 4.69) is 19.2 Å². The first-order valence-electron chi connectivity index (χ1n) is 6.76. The molecule has 1 aliphatic carbocycles. The van der Waals surface area contributed by atoms with E-state index < -0.39 is 0 Å². The molecular formula is C15H22FNO. The molecule has 0 saturated heterocycles. The van der Waals surface area contributed by atoms with Gasteiger partial charge in [-0.15, -0.1) is 0 Å². The van der Waals surface area contributed by atoms with Gasteiger partial charge in [0.05, 0.1) is 6.61 Å². The lowest BCUT2D eigenvalue weighted by Crippen LogP contribution is -2.36. The van der Waals surface area contributed by atoms with Gasteiger partial charge >= 0.3 is 0 Å². The summed E-state index contributed by atoms with van der Waals surface area (Å²) in [6, 6.07) is 5.58. The van der Waals surface area contributed by atoms with Gasteiger partial charge < -0.3 is 10.4 Å². The third kappa shape index (κ3) is 2.90. The highest BCUT2D eigenvalue weighted by molar-refractivity contribution is 5.35. The van der Waals surface area contributed by atoms with Crippen molar-refractivity contribution in [2.24, 2.45) is 5.92 Å². The van der Waals surface area contributed by atoms with Crippen LogP contribution in [0.5, 0.6) is 0 Å². The summed E-state index contributed by atoms with van der Waals surface area (Å²) in [4.78, 5) is 0. The van der Waals surface area contributed by atoms with Crippen molar-refractivity contribution in [2.45, 2.75) is 45.2 Å². The van der Waals surface area contributed by atoms with E-state index in [-0.39, 0.29) is 24.5 Å². The van der Waals surface area contributed by atoms with E-state index in [1.165, 1.54) is 6.07 Å². The van der Waals surface area contributed by atoms with E-state index >= 15 is 0 Å². The Hall–Kier alpha value is -0.930. The molecule has 0 radical (unpaired) electrons. The van der Waals surface area contributed by atoms with E-state index in [4.69, 9.17) is 0 Å². The van der Waals surface area contributed by atoms with Crippen molar-refractivity contribution in [3.63, 3.8) is 0 Å². The number of rotatable bonds is 5. The molecule has 18 heavy (non-hydrogen) atoms. The Labute approximate surface area is 108 Å². The summed E-state index contributed by atoms with van der Waals surface area (Å²) in [7, 11) is 0. The fraction of sp³-hybridized carbons (Fsp3) is 0.600. The first-order valence-corrected chi connectivity index (χ1v) is 6.76. The Balaban J connectivity index is 2.07.